The molecule has 1 amide bonds. The Labute approximate surface area is 141 Å². The summed E-state index contributed by atoms with van der Waals surface area (Å²) >= 11 is 3.90. The van der Waals surface area contributed by atoms with Crippen molar-refractivity contribution in [3.63, 3.8) is 0 Å². The molecule has 21 heavy (non-hydrogen) atoms. The number of nitrogens with zero attached hydrogens (tertiary/aromatic N) is 2. The fourth-order valence-corrected chi connectivity index (χ4v) is 3.73. The Kier molecular flexibility index (Phi) is 4.74. The fraction of sp³-hybridized carbons (Fsp3) is 0.333. The summed E-state index contributed by atoms with van der Waals surface area (Å²) < 4.78 is 1.08. The van der Waals surface area contributed by atoms with E-state index in [1.54, 1.807) is 11.3 Å². The number of carbonyl (C=O) groups excluding carboxylic acids is 1. The second-order valence-electron chi connectivity index (χ2n) is 5.06. The van der Waals surface area contributed by atoms with Crippen LogP contribution >= 0.6 is 33.9 Å². The lowest BCUT2D eigenvalue weighted by atomic mass is 10.0. The molecule has 1 aliphatic heterocycles. The Hall–Kier alpha value is -1.15. The van der Waals surface area contributed by atoms with Gasteiger partial charge in [0.1, 0.15) is 0 Å². The highest BCUT2D eigenvalue weighted by Gasteiger charge is 2.22. The molecule has 1 fully saturated rings. The third-order valence-corrected chi connectivity index (χ3v) is 5.11. The molecule has 0 radical (unpaired) electrons. The summed E-state index contributed by atoms with van der Waals surface area (Å²) in [6.07, 6.45) is 3.77. The first-order valence-electron chi connectivity index (χ1n) is 6.93. The van der Waals surface area contributed by atoms with Gasteiger partial charge >= 0.3 is 0 Å². The summed E-state index contributed by atoms with van der Waals surface area (Å²) in [6.45, 7) is 1.90. The second-order valence-corrected chi connectivity index (χ2v) is 7.18. The SMILES string of the molecule is O=C(NC1CCN(c2nccs2)CC1)c1cccc(I)c1. The number of hydrogen-bond donors (Lipinski definition) is 1. The predicted octanol–water partition coefficient (Wildman–Crippen LogP) is 3.15. The van der Waals surface area contributed by atoms with E-state index in [-0.39, 0.29) is 11.9 Å². The summed E-state index contributed by atoms with van der Waals surface area (Å²) in [5, 5.41) is 6.22. The van der Waals surface area contributed by atoms with Gasteiger partial charge in [0.15, 0.2) is 5.13 Å². The maximum atomic E-state index is 12.2. The lowest BCUT2D eigenvalue weighted by molar-refractivity contribution is 0.0931. The Morgan fingerprint density at radius 3 is 2.86 bits per heavy atom. The molecular weight excluding hydrogens is 397 g/mol. The molecule has 0 unspecified atom stereocenters. The molecule has 0 aliphatic carbocycles. The molecule has 1 saturated heterocycles. The average molecular weight is 413 g/mol. The number of amides is 1. The van der Waals surface area contributed by atoms with Crippen molar-refractivity contribution < 1.29 is 4.79 Å². The third kappa shape index (κ3) is 3.74. The van der Waals surface area contributed by atoms with E-state index in [1.807, 2.05) is 35.8 Å². The minimum absolute atomic E-state index is 0.0289. The molecule has 0 saturated carbocycles. The van der Waals surface area contributed by atoms with Gasteiger partial charge in [-0.3, -0.25) is 4.79 Å². The average Bonchev–Trinajstić information content (AvgIpc) is 3.02. The minimum Gasteiger partial charge on any atom is -0.349 e. The zero-order chi connectivity index (χ0) is 14.7. The molecule has 0 bridgehead atoms. The number of halogens is 1. The van der Waals surface area contributed by atoms with Gasteiger partial charge in [0.2, 0.25) is 0 Å². The third-order valence-electron chi connectivity index (χ3n) is 3.61. The van der Waals surface area contributed by atoms with Crippen LogP contribution in [0.1, 0.15) is 23.2 Å². The zero-order valence-corrected chi connectivity index (χ0v) is 14.4. The standard InChI is InChI=1S/C15H16IN3OS/c16-12-3-1-2-11(10-12)14(20)18-13-4-7-19(8-5-13)15-17-6-9-21-15/h1-3,6,9-10,13H,4-5,7-8H2,(H,18,20). The van der Waals surface area contributed by atoms with Crippen LogP contribution < -0.4 is 10.2 Å². The van der Waals surface area contributed by atoms with E-state index in [4.69, 9.17) is 0 Å². The van der Waals surface area contributed by atoms with Gasteiger partial charge in [0.05, 0.1) is 0 Å². The number of thiazole rings is 1. The van der Waals surface area contributed by atoms with Gasteiger partial charge in [-0.1, -0.05) is 6.07 Å². The van der Waals surface area contributed by atoms with Gasteiger partial charge in [0.25, 0.3) is 5.91 Å². The normalized spacial score (nSPS) is 16.0. The summed E-state index contributed by atoms with van der Waals surface area (Å²) in [7, 11) is 0. The first kappa shape index (κ1) is 14.8. The maximum absolute atomic E-state index is 12.2. The van der Waals surface area contributed by atoms with E-state index in [1.165, 1.54) is 0 Å². The molecule has 2 aromatic rings. The summed E-state index contributed by atoms with van der Waals surface area (Å²) in [4.78, 5) is 18.9. The molecule has 110 valence electrons. The Morgan fingerprint density at radius 1 is 1.38 bits per heavy atom. The van der Waals surface area contributed by atoms with Crippen molar-refractivity contribution in [2.45, 2.75) is 18.9 Å². The number of anilines is 1. The van der Waals surface area contributed by atoms with Crippen LogP contribution in [0.3, 0.4) is 0 Å². The van der Waals surface area contributed by atoms with Gasteiger partial charge in [-0.15, -0.1) is 11.3 Å². The van der Waals surface area contributed by atoms with E-state index >= 15 is 0 Å². The molecule has 1 aliphatic rings. The topological polar surface area (TPSA) is 45.2 Å². The van der Waals surface area contributed by atoms with E-state index in [9.17, 15) is 4.79 Å². The molecule has 1 N–H and O–H groups in total. The van der Waals surface area contributed by atoms with Crippen LogP contribution in [0.4, 0.5) is 5.13 Å². The van der Waals surface area contributed by atoms with E-state index < -0.39 is 0 Å². The van der Waals surface area contributed by atoms with Crippen LogP contribution in [0.15, 0.2) is 35.8 Å². The number of rotatable bonds is 3. The number of carbonyl (C=O) groups is 1. The van der Waals surface area contributed by atoms with Crippen molar-refractivity contribution in [1.82, 2.24) is 10.3 Å². The highest BCUT2D eigenvalue weighted by Crippen LogP contribution is 2.22. The smallest absolute Gasteiger partial charge is 0.251 e. The first-order chi connectivity index (χ1) is 10.2. The predicted molar refractivity (Wildman–Crippen MR) is 94.0 cm³/mol. The van der Waals surface area contributed by atoms with Gasteiger partial charge in [-0.05, 0) is 53.6 Å². The van der Waals surface area contributed by atoms with Gasteiger partial charge in [-0.2, -0.15) is 0 Å². The van der Waals surface area contributed by atoms with Crippen LogP contribution in [-0.4, -0.2) is 30.0 Å². The van der Waals surface area contributed by atoms with E-state index in [0.29, 0.717) is 0 Å². The van der Waals surface area contributed by atoms with Crippen LogP contribution in [0.5, 0.6) is 0 Å². The highest BCUT2D eigenvalue weighted by molar-refractivity contribution is 14.1. The van der Waals surface area contributed by atoms with E-state index in [0.717, 1.165) is 40.2 Å². The van der Waals surface area contributed by atoms with Gasteiger partial charge < -0.3 is 10.2 Å². The number of piperidine rings is 1. The monoisotopic (exact) mass is 413 g/mol. The number of aromatic nitrogens is 1. The summed E-state index contributed by atoms with van der Waals surface area (Å²) in [5.74, 6) is 0.0289. The molecule has 1 aromatic heterocycles. The highest BCUT2D eigenvalue weighted by atomic mass is 127. The lowest BCUT2D eigenvalue weighted by Gasteiger charge is -2.32. The van der Waals surface area contributed by atoms with Gasteiger partial charge in [-0.25, -0.2) is 4.98 Å². The fourth-order valence-electron chi connectivity index (χ4n) is 2.49. The molecule has 0 atom stereocenters. The van der Waals surface area contributed by atoms with Crippen molar-refractivity contribution in [3.05, 3.63) is 45.0 Å². The van der Waals surface area contributed by atoms with Gasteiger partial charge in [0, 0.05) is 39.8 Å². The number of benzene rings is 1. The Morgan fingerprint density at radius 2 is 2.19 bits per heavy atom. The molecule has 4 nitrogen and oxygen atoms in total. The largest absolute Gasteiger partial charge is 0.349 e. The van der Waals surface area contributed by atoms with Crippen molar-refractivity contribution >= 4 is 45.0 Å². The van der Waals surface area contributed by atoms with E-state index in [2.05, 4.69) is 37.8 Å². The molecule has 3 rings (SSSR count). The Bertz CT molecular complexity index is 609. The molecule has 0 spiro atoms. The molecule has 6 heteroatoms. The number of hydrogen-bond acceptors (Lipinski definition) is 4. The Balaban J connectivity index is 1.54. The minimum atomic E-state index is 0.0289. The van der Waals surface area contributed by atoms with Crippen LogP contribution in [0, 0.1) is 3.57 Å². The van der Waals surface area contributed by atoms with Crippen molar-refractivity contribution in [2.24, 2.45) is 0 Å². The second kappa shape index (κ2) is 6.74. The molecule has 1 aromatic carbocycles. The summed E-state index contributed by atoms with van der Waals surface area (Å²) in [5.41, 5.74) is 0.740. The van der Waals surface area contributed by atoms with Crippen LogP contribution in [-0.2, 0) is 0 Å². The van der Waals surface area contributed by atoms with Crippen LogP contribution in [0.25, 0.3) is 0 Å². The maximum Gasteiger partial charge on any atom is 0.251 e. The number of nitrogens with one attached hydrogen (secondary N) is 1. The molecule has 2 heterocycles. The van der Waals surface area contributed by atoms with Crippen molar-refractivity contribution in [3.8, 4) is 0 Å². The summed E-state index contributed by atoms with van der Waals surface area (Å²) in [6, 6.07) is 7.94. The molecular formula is C15H16IN3OS. The van der Waals surface area contributed by atoms with Crippen molar-refractivity contribution in [2.75, 3.05) is 18.0 Å². The van der Waals surface area contributed by atoms with Crippen molar-refractivity contribution in [1.29, 1.82) is 0 Å². The first-order valence-corrected chi connectivity index (χ1v) is 8.89. The lowest BCUT2D eigenvalue weighted by Crippen LogP contribution is -2.44. The zero-order valence-electron chi connectivity index (χ0n) is 11.5. The quantitative estimate of drug-likeness (QED) is 0.787. The van der Waals surface area contributed by atoms with Crippen LogP contribution in [0.2, 0.25) is 0 Å².